The van der Waals surface area contributed by atoms with E-state index in [2.05, 4.69) is 16.7 Å². The van der Waals surface area contributed by atoms with Crippen molar-refractivity contribution < 1.29 is 9.59 Å². The molecule has 6 heteroatoms. The van der Waals surface area contributed by atoms with Crippen molar-refractivity contribution in [2.24, 2.45) is 5.92 Å². The first-order valence-electron chi connectivity index (χ1n) is 9.48. The van der Waals surface area contributed by atoms with E-state index in [1.54, 1.807) is 17.0 Å². The fourth-order valence-electron chi connectivity index (χ4n) is 3.36. The minimum atomic E-state index is -0.226. The van der Waals surface area contributed by atoms with Gasteiger partial charge in [-0.05, 0) is 49.6 Å². The summed E-state index contributed by atoms with van der Waals surface area (Å²) in [5.74, 6) is -0.273. The maximum atomic E-state index is 12.7. The van der Waals surface area contributed by atoms with Crippen LogP contribution in [0.15, 0.2) is 54.6 Å². The van der Waals surface area contributed by atoms with Crippen LogP contribution in [0.1, 0.15) is 36.9 Å². The Morgan fingerprint density at radius 2 is 1.86 bits per heavy atom. The average molecular weight is 376 g/mol. The van der Waals surface area contributed by atoms with Gasteiger partial charge in [0.15, 0.2) is 0 Å². The number of nitriles is 1. The molecule has 1 saturated heterocycles. The van der Waals surface area contributed by atoms with E-state index in [1.807, 2.05) is 49.4 Å². The van der Waals surface area contributed by atoms with Gasteiger partial charge in [0.1, 0.15) is 0 Å². The predicted octanol–water partition coefficient (Wildman–Crippen LogP) is 3.68. The van der Waals surface area contributed by atoms with Crippen molar-refractivity contribution in [3.05, 3.63) is 65.7 Å². The SMILES string of the molecule is CC(NC(=O)C1CCCN(C(=O)Nc2ccccc2)C1)c1ccc(C#N)cc1. The van der Waals surface area contributed by atoms with Crippen molar-refractivity contribution in [2.45, 2.75) is 25.8 Å². The summed E-state index contributed by atoms with van der Waals surface area (Å²) in [6, 6.07) is 18.3. The molecule has 0 saturated carbocycles. The second kappa shape index (κ2) is 9.05. The standard InChI is InChI=1S/C22H24N4O2/c1-16(18-11-9-17(14-23)10-12-18)24-21(27)19-6-5-13-26(15-19)22(28)25-20-7-3-2-4-8-20/h2-4,7-12,16,19H,5-6,13,15H2,1H3,(H,24,27)(H,25,28). The lowest BCUT2D eigenvalue weighted by atomic mass is 9.96. The minimum absolute atomic E-state index is 0.0472. The number of para-hydroxylation sites is 1. The van der Waals surface area contributed by atoms with Crippen molar-refractivity contribution in [2.75, 3.05) is 18.4 Å². The third kappa shape index (κ3) is 4.89. The normalized spacial score (nSPS) is 17.3. The van der Waals surface area contributed by atoms with E-state index in [4.69, 9.17) is 5.26 Å². The molecule has 28 heavy (non-hydrogen) atoms. The zero-order valence-corrected chi connectivity index (χ0v) is 15.9. The van der Waals surface area contributed by atoms with E-state index in [0.29, 0.717) is 18.7 Å². The highest BCUT2D eigenvalue weighted by Gasteiger charge is 2.29. The number of hydrogen-bond acceptors (Lipinski definition) is 3. The number of hydrogen-bond donors (Lipinski definition) is 2. The van der Waals surface area contributed by atoms with Crippen LogP contribution < -0.4 is 10.6 Å². The van der Waals surface area contributed by atoms with Gasteiger partial charge in [0.25, 0.3) is 0 Å². The number of rotatable bonds is 4. The number of carbonyl (C=O) groups excluding carboxylic acids is 2. The predicted molar refractivity (Wildman–Crippen MR) is 107 cm³/mol. The molecule has 1 aliphatic rings. The van der Waals surface area contributed by atoms with Gasteiger partial charge in [0, 0.05) is 18.8 Å². The van der Waals surface area contributed by atoms with Crippen LogP contribution >= 0.6 is 0 Å². The monoisotopic (exact) mass is 376 g/mol. The summed E-state index contributed by atoms with van der Waals surface area (Å²) in [7, 11) is 0. The second-order valence-electron chi connectivity index (χ2n) is 7.05. The highest BCUT2D eigenvalue weighted by Crippen LogP contribution is 2.20. The van der Waals surface area contributed by atoms with Crippen LogP contribution in [0.25, 0.3) is 0 Å². The third-order valence-corrected chi connectivity index (χ3v) is 5.00. The van der Waals surface area contributed by atoms with Crippen molar-refractivity contribution in [3.63, 3.8) is 0 Å². The van der Waals surface area contributed by atoms with Crippen LogP contribution in [-0.2, 0) is 4.79 Å². The Balaban J connectivity index is 1.56. The van der Waals surface area contributed by atoms with E-state index in [1.165, 1.54) is 0 Å². The maximum absolute atomic E-state index is 12.7. The summed E-state index contributed by atoms with van der Waals surface area (Å²) < 4.78 is 0. The first kappa shape index (κ1) is 19.4. The number of urea groups is 1. The van der Waals surface area contributed by atoms with E-state index >= 15 is 0 Å². The zero-order chi connectivity index (χ0) is 19.9. The summed E-state index contributed by atoms with van der Waals surface area (Å²) in [6.45, 7) is 2.97. The van der Waals surface area contributed by atoms with Crippen LogP contribution in [0, 0.1) is 17.2 Å². The summed E-state index contributed by atoms with van der Waals surface area (Å²) >= 11 is 0. The highest BCUT2D eigenvalue weighted by atomic mass is 16.2. The maximum Gasteiger partial charge on any atom is 0.321 e. The summed E-state index contributed by atoms with van der Waals surface area (Å²) in [5.41, 5.74) is 2.28. The van der Waals surface area contributed by atoms with E-state index in [0.717, 1.165) is 24.1 Å². The Labute approximate surface area is 165 Å². The number of benzene rings is 2. The summed E-state index contributed by atoms with van der Waals surface area (Å²) in [4.78, 5) is 26.9. The Morgan fingerprint density at radius 1 is 1.14 bits per heavy atom. The highest BCUT2D eigenvalue weighted by molar-refractivity contribution is 5.90. The molecule has 144 valence electrons. The number of carbonyl (C=O) groups is 2. The number of anilines is 1. The minimum Gasteiger partial charge on any atom is -0.349 e. The van der Waals surface area contributed by atoms with E-state index in [-0.39, 0.29) is 23.9 Å². The molecular weight excluding hydrogens is 352 g/mol. The molecule has 2 N–H and O–H groups in total. The Bertz CT molecular complexity index is 858. The fraction of sp³-hybridized carbons (Fsp3) is 0.318. The molecule has 0 bridgehead atoms. The van der Waals surface area contributed by atoms with Gasteiger partial charge in [0.2, 0.25) is 5.91 Å². The number of piperidine rings is 1. The van der Waals surface area contributed by atoms with E-state index in [9.17, 15) is 9.59 Å². The van der Waals surface area contributed by atoms with Gasteiger partial charge >= 0.3 is 6.03 Å². The van der Waals surface area contributed by atoms with Gasteiger partial charge in [0.05, 0.1) is 23.6 Å². The Hall–Kier alpha value is -3.33. The lowest BCUT2D eigenvalue weighted by Crippen LogP contribution is -2.47. The molecule has 1 aliphatic heterocycles. The topological polar surface area (TPSA) is 85.2 Å². The van der Waals surface area contributed by atoms with Crippen LogP contribution in [0.3, 0.4) is 0 Å². The van der Waals surface area contributed by atoms with Gasteiger partial charge in [-0.3, -0.25) is 4.79 Å². The number of nitrogens with one attached hydrogen (secondary N) is 2. The molecule has 2 aromatic rings. The summed E-state index contributed by atoms with van der Waals surface area (Å²) in [5, 5.41) is 14.8. The van der Waals surface area contributed by atoms with Crippen molar-refractivity contribution in [3.8, 4) is 6.07 Å². The molecule has 0 spiro atoms. The second-order valence-corrected chi connectivity index (χ2v) is 7.05. The van der Waals surface area contributed by atoms with Crippen molar-refractivity contribution in [1.82, 2.24) is 10.2 Å². The van der Waals surface area contributed by atoms with Crippen LogP contribution in [0.4, 0.5) is 10.5 Å². The van der Waals surface area contributed by atoms with Gasteiger partial charge < -0.3 is 15.5 Å². The molecule has 3 amide bonds. The molecule has 6 nitrogen and oxygen atoms in total. The van der Waals surface area contributed by atoms with Crippen LogP contribution in [0.5, 0.6) is 0 Å². The lowest BCUT2D eigenvalue weighted by Gasteiger charge is -2.32. The van der Waals surface area contributed by atoms with Crippen LogP contribution in [-0.4, -0.2) is 29.9 Å². The van der Waals surface area contributed by atoms with Crippen molar-refractivity contribution >= 4 is 17.6 Å². The molecule has 2 atom stereocenters. The molecular formula is C22H24N4O2. The number of likely N-dealkylation sites (tertiary alicyclic amines) is 1. The third-order valence-electron chi connectivity index (χ3n) is 5.00. The van der Waals surface area contributed by atoms with Crippen molar-refractivity contribution in [1.29, 1.82) is 5.26 Å². The first-order chi connectivity index (χ1) is 13.6. The molecule has 2 aromatic carbocycles. The first-order valence-corrected chi connectivity index (χ1v) is 9.48. The fourth-order valence-corrected chi connectivity index (χ4v) is 3.36. The average Bonchev–Trinajstić information content (AvgIpc) is 2.74. The molecule has 1 fully saturated rings. The largest absolute Gasteiger partial charge is 0.349 e. The Kier molecular flexibility index (Phi) is 6.28. The van der Waals surface area contributed by atoms with Crippen LogP contribution in [0.2, 0.25) is 0 Å². The molecule has 0 aromatic heterocycles. The zero-order valence-electron chi connectivity index (χ0n) is 15.9. The molecule has 1 heterocycles. The quantitative estimate of drug-likeness (QED) is 0.853. The van der Waals surface area contributed by atoms with Gasteiger partial charge in [-0.1, -0.05) is 30.3 Å². The smallest absolute Gasteiger partial charge is 0.321 e. The van der Waals surface area contributed by atoms with E-state index < -0.39 is 0 Å². The number of amides is 3. The Morgan fingerprint density at radius 3 is 2.54 bits per heavy atom. The molecule has 0 radical (unpaired) electrons. The van der Waals surface area contributed by atoms with Gasteiger partial charge in [-0.15, -0.1) is 0 Å². The van der Waals surface area contributed by atoms with Gasteiger partial charge in [-0.25, -0.2) is 4.79 Å². The summed E-state index contributed by atoms with van der Waals surface area (Å²) in [6.07, 6.45) is 1.56. The number of nitrogens with zero attached hydrogens (tertiary/aromatic N) is 2. The van der Waals surface area contributed by atoms with Gasteiger partial charge in [-0.2, -0.15) is 5.26 Å². The lowest BCUT2D eigenvalue weighted by molar-refractivity contribution is -0.126. The molecule has 3 rings (SSSR count). The molecule has 2 unspecified atom stereocenters. The molecule has 0 aliphatic carbocycles.